The lowest BCUT2D eigenvalue weighted by atomic mass is 9.64. The molecule has 0 N–H and O–H groups in total. The lowest BCUT2D eigenvalue weighted by molar-refractivity contribution is 0.195. The average Bonchev–Trinajstić information content (AvgIpc) is 3.11. The van der Waals surface area contributed by atoms with Crippen LogP contribution in [0, 0.1) is 11.8 Å². The maximum atomic E-state index is 5.48. The molecular formula is C41H48O4. The number of ether oxygens (including phenoxy) is 4. The third-order valence-corrected chi connectivity index (χ3v) is 10.6. The molecule has 4 unspecified atom stereocenters. The molecule has 4 aromatic rings. The van der Waals surface area contributed by atoms with Gasteiger partial charge in [-0.05, 0) is 151 Å². The third-order valence-electron chi connectivity index (χ3n) is 10.6. The Morgan fingerprint density at radius 2 is 0.578 bits per heavy atom. The van der Waals surface area contributed by atoms with E-state index in [2.05, 4.69) is 97.1 Å². The maximum absolute atomic E-state index is 5.48. The first kappa shape index (κ1) is 31.1. The maximum Gasteiger partial charge on any atom is 0.118 e. The summed E-state index contributed by atoms with van der Waals surface area (Å²) in [6.45, 7) is 0. The summed E-state index contributed by atoms with van der Waals surface area (Å²) in [4.78, 5) is 0. The van der Waals surface area contributed by atoms with E-state index in [0.29, 0.717) is 35.5 Å². The standard InChI is InChI=1S/C41H48O4/c1-42-38-13-5-30(6-14-38)34-22-28(23-35(26-34)31-7-15-39(43-2)16-8-31)21-29-24-36(32-9-17-40(44-3)18-10-32)27-37(25-29)33-11-19-41(45-4)20-12-33/h5-20,28-29,34-37H,21-27H2,1-4H3. The molecule has 4 nitrogen and oxygen atoms in total. The van der Waals surface area contributed by atoms with Crippen molar-refractivity contribution in [1.82, 2.24) is 0 Å². The number of benzene rings is 4. The Hall–Kier alpha value is -3.92. The van der Waals surface area contributed by atoms with Crippen molar-refractivity contribution >= 4 is 0 Å². The Bertz CT molecular complexity index is 1250. The molecule has 4 aromatic carbocycles. The smallest absolute Gasteiger partial charge is 0.118 e. The number of methoxy groups -OCH3 is 4. The molecule has 0 saturated heterocycles. The lowest BCUT2D eigenvalue weighted by Crippen LogP contribution is -2.26. The Labute approximate surface area is 269 Å². The van der Waals surface area contributed by atoms with Crippen molar-refractivity contribution in [2.45, 2.75) is 68.6 Å². The molecule has 4 heteroatoms. The number of hydrogen-bond acceptors (Lipinski definition) is 4. The fourth-order valence-corrected chi connectivity index (χ4v) is 8.32. The lowest BCUT2D eigenvalue weighted by Gasteiger charge is -2.41. The predicted octanol–water partition coefficient (Wildman–Crippen LogP) is 10.1. The van der Waals surface area contributed by atoms with E-state index in [4.69, 9.17) is 18.9 Å². The normalized spacial score (nSPS) is 24.9. The molecule has 45 heavy (non-hydrogen) atoms. The molecular weight excluding hydrogens is 556 g/mol. The summed E-state index contributed by atoms with van der Waals surface area (Å²) in [5.74, 6) is 7.22. The summed E-state index contributed by atoms with van der Waals surface area (Å²) < 4.78 is 21.9. The van der Waals surface area contributed by atoms with Gasteiger partial charge in [-0.1, -0.05) is 48.5 Å². The first-order valence-electron chi connectivity index (χ1n) is 16.6. The molecule has 0 aliphatic heterocycles. The molecule has 4 atom stereocenters. The molecule has 236 valence electrons. The highest BCUT2D eigenvalue weighted by atomic mass is 16.5. The largest absolute Gasteiger partial charge is 0.497 e. The van der Waals surface area contributed by atoms with E-state index < -0.39 is 0 Å². The molecule has 0 amide bonds. The summed E-state index contributed by atoms with van der Waals surface area (Å²) in [6, 6.07) is 35.3. The van der Waals surface area contributed by atoms with Gasteiger partial charge in [0.05, 0.1) is 28.4 Å². The van der Waals surface area contributed by atoms with E-state index in [1.807, 2.05) is 0 Å². The summed E-state index contributed by atoms with van der Waals surface area (Å²) in [6.07, 6.45) is 8.63. The fraction of sp³-hybridized carbons (Fsp3) is 0.415. The summed E-state index contributed by atoms with van der Waals surface area (Å²) in [7, 11) is 6.98. The number of hydrogen-bond donors (Lipinski definition) is 0. The second-order valence-corrected chi connectivity index (χ2v) is 13.3. The molecule has 2 fully saturated rings. The Morgan fingerprint density at radius 1 is 0.356 bits per heavy atom. The van der Waals surface area contributed by atoms with Gasteiger partial charge < -0.3 is 18.9 Å². The summed E-state index contributed by atoms with van der Waals surface area (Å²) in [5.41, 5.74) is 5.76. The van der Waals surface area contributed by atoms with Crippen LogP contribution in [0.1, 0.15) is 90.9 Å². The van der Waals surface area contributed by atoms with Gasteiger partial charge in [-0.25, -0.2) is 0 Å². The van der Waals surface area contributed by atoms with Crippen LogP contribution in [-0.2, 0) is 0 Å². The zero-order valence-electron chi connectivity index (χ0n) is 27.3. The van der Waals surface area contributed by atoms with Crippen molar-refractivity contribution in [3.63, 3.8) is 0 Å². The van der Waals surface area contributed by atoms with Crippen LogP contribution in [0.5, 0.6) is 23.0 Å². The van der Waals surface area contributed by atoms with Gasteiger partial charge in [0, 0.05) is 0 Å². The molecule has 2 aliphatic rings. The molecule has 0 heterocycles. The van der Waals surface area contributed by atoms with Gasteiger partial charge in [0.15, 0.2) is 0 Å². The van der Waals surface area contributed by atoms with Crippen molar-refractivity contribution in [3.05, 3.63) is 119 Å². The molecule has 0 radical (unpaired) electrons. The first-order valence-corrected chi connectivity index (χ1v) is 16.6. The van der Waals surface area contributed by atoms with Crippen LogP contribution in [0.3, 0.4) is 0 Å². The molecule has 0 spiro atoms. The van der Waals surface area contributed by atoms with E-state index in [1.165, 1.54) is 67.2 Å². The van der Waals surface area contributed by atoms with Gasteiger partial charge >= 0.3 is 0 Å². The van der Waals surface area contributed by atoms with Gasteiger partial charge in [-0.2, -0.15) is 0 Å². The molecule has 0 aromatic heterocycles. The van der Waals surface area contributed by atoms with Crippen LogP contribution in [0.25, 0.3) is 0 Å². The predicted molar refractivity (Wildman–Crippen MR) is 182 cm³/mol. The zero-order valence-corrected chi connectivity index (χ0v) is 27.3. The molecule has 6 rings (SSSR count). The van der Waals surface area contributed by atoms with E-state index in [1.54, 1.807) is 28.4 Å². The van der Waals surface area contributed by atoms with E-state index in [-0.39, 0.29) is 0 Å². The van der Waals surface area contributed by atoms with Crippen molar-refractivity contribution in [3.8, 4) is 23.0 Å². The van der Waals surface area contributed by atoms with Crippen molar-refractivity contribution in [1.29, 1.82) is 0 Å². The topological polar surface area (TPSA) is 36.9 Å². The highest BCUT2D eigenvalue weighted by molar-refractivity contribution is 5.35. The van der Waals surface area contributed by atoms with Gasteiger partial charge in [0.25, 0.3) is 0 Å². The molecule has 0 bridgehead atoms. The van der Waals surface area contributed by atoms with Crippen molar-refractivity contribution in [2.75, 3.05) is 28.4 Å². The minimum absolute atomic E-state index is 0.542. The quantitative estimate of drug-likeness (QED) is 0.180. The molecule has 2 saturated carbocycles. The third kappa shape index (κ3) is 7.49. The van der Waals surface area contributed by atoms with Crippen LogP contribution in [0.2, 0.25) is 0 Å². The average molecular weight is 605 g/mol. The zero-order chi connectivity index (χ0) is 31.2. The number of rotatable bonds is 10. The Morgan fingerprint density at radius 3 is 0.778 bits per heavy atom. The first-order chi connectivity index (χ1) is 22.0. The van der Waals surface area contributed by atoms with E-state index in [9.17, 15) is 0 Å². The van der Waals surface area contributed by atoms with Crippen LogP contribution in [0.4, 0.5) is 0 Å². The van der Waals surface area contributed by atoms with Crippen LogP contribution < -0.4 is 18.9 Å². The second-order valence-electron chi connectivity index (χ2n) is 13.3. The minimum atomic E-state index is 0.542. The van der Waals surface area contributed by atoms with Gasteiger partial charge in [0.2, 0.25) is 0 Å². The van der Waals surface area contributed by atoms with Crippen molar-refractivity contribution < 1.29 is 18.9 Å². The summed E-state index contributed by atoms with van der Waals surface area (Å²) >= 11 is 0. The molecule has 2 aliphatic carbocycles. The van der Waals surface area contributed by atoms with Crippen LogP contribution >= 0.6 is 0 Å². The van der Waals surface area contributed by atoms with Gasteiger partial charge in [0.1, 0.15) is 23.0 Å². The van der Waals surface area contributed by atoms with Gasteiger partial charge in [-0.15, -0.1) is 0 Å². The van der Waals surface area contributed by atoms with Gasteiger partial charge in [-0.3, -0.25) is 0 Å². The van der Waals surface area contributed by atoms with Crippen LogP contribution in [-0.4, -0.2) is 28.4 Å². The Kier molecular flexibility index (Phi) is 9.98. The van der Waals surface area contributed by atoms with E-state index >= 15 is 0 Å². The fourth-order valence-electron chi connectivity index (χ4n) is 8.32. The van der Waals surface area contributed by atoms with Crippen LogP contribution in [0.15, 0.2) is 97.1 Å². The SMILES string of the molecule is COc1ccc(C2CC(CC3CC(c4ccc(OC)cc4)CC(c4ccc(OC)cc4)C3)CC(c3ccc(OC)cc3)C2)cc1. The minimum Gasteiger partial charge on any atom is -0.497 e. The highest BCUT2D eigenvalue weighted by Gasteiger charge is 2.36. The highest BCUT2D eigenvalue weighted by Crippen LogP contribution is 2.51. The van der Waals surface area contributed by atoms with E-state index in [0.717, 1.165) is 23.0 Å². The summed E-state index contributed by atoms with van der Waals surface area (Å²) in [5, 5.41) is 0. The van der Waals surface area contributed by atoms with Crippen molar-refractivity contribution in [2.24, 2.45) is 11.8 Å². The monoisotopic (exact) mass is 604 g/mol. The second kappa shape index (κ2) is 14.5. The Balaban J connectivity index is 1.26.